The summed E-state index contributed by atoms with van der Waals surface area (Å²) in [7, 11) is 0. The Bertz CT molecular complexity index is 185. The topological polar surface area (TPSA) is 38.0 Å². The second-order valence-corrected chi connectivity index (χ2v) is 5.59. The van der Waals surface area contributed by atoms with E-state index in [4.69, 9.17) is 5.73 Å². The summed E-state index contributed by atoms with van der Waals surface area (Å²) < 4.78 is 0. The lowest BCUT2D eigenvalue weighted by Crippen LogP contribution is -2.42. The molecule has 2 unspecified atom stereocenters. The molecule has 0 aromatic heterocycles. The zero-order valence-corrected chi connectivity index (χ0v) is 9.39. The van der Waals surface area contributed by atoms with Gasteiger partial charge in [0.2, 0.25) is 0 Å². The monoisotopic (exact) mass is 196 g/mol. The van der Waals surface area contributed by atoms with E-state index in [1.165, 1.54) is 51.5 Å². The molecule has 0 saturated heterocycles. The summed E-state index contributed by atoms with van der Waals surface area (Å²) >= 11 is 0. The summed E-state index contributed by atoms with van der Waals surface area (Å²) in [5.41, 5.74) is 6.37. The van der Waals surface area contributed by atoms with Crippen molar-refractivity contribution in [2.75, 3.05) is 6.54 Å². The summed E-state index contributed by atoms with van der Waals surface area (Å²) in [6, 6.07) is 0.484. The highest BCUT2D eigenvalue weighted by Gasteiger charge is 2.30. The minimum Gasteiger partial charge on any atom is -0.328 e. The molecule has 2 rings (SSSR count). The zero-order valence-electron chi connectivity index (χ0n) is 9.39. The standard InChI is InChI=1S/C12H24N2/c1-12(6-2-3-7-12)14-9-10-4-5-11(13)8-10/h10-11,14H,2-9,13H2,1H3. The maximum Gasteiger partial charge on any atom is 0.0153 e. The van der Waals surface area contributed by atoms with Gasteiger partial charge < -0.3 is 11.1 Å². The van der Waals surface area contributed by atoms with Crippen molar-refractivity contribution in [3.63, 3.8) is 0 Å². The fourth-order valence-electron chi connectivity index (χ4n) is 3.02. The highest BCUT2D eigenvalue weighted by Crippen LogP contribution is 2.30. The fourth-order valence-corrected chi connectivity index (χ4v) is 3.02. The maximum absolute atomic E-state index is 5.91. The summed E-state index contributed by atoms with van der Waals surface area (Å²) in [6.07, 6.45) is 9.37. The summed E-state index contributed by atoms with van der Waals surface area (Å²) in [6.45, 7) is 3.58. The molecule has 0 amide bonds. The molecule has 0 bridgehead atoms. The second kappa shape index (κ2) is 4.19. The maximum atomic E-state index is 5.91. The largest absolute Gasteiger partial charge is 0.328 e. The summed E-state index contributed by atoms with van der Waals surface area (Å²) in [4.78, 5) is 0. The van der Waals surface area contributed by atoms with Gasteiger partial charge in [-0.25, -0.2) is 0 Å². The molecule has 0 aromatic rings. The minimum atomic E-state index is 0.451. The van der Waals surface area contributed by atoms with Crippen molar-refractivity contribution in [1.82, 2.24) is 5.32 Å². The molecule has 2 nitrogen and oxygen atoms in total. The number of rotatable bonds is 3. The van der Waals surface area contributed by atoms with Gasteiger partial charge >= 0.3 is 0 Å². The Kier molecular flexibility index (Phi) is 3.13. The fraction of sp³-hybridized carbons (Fsp3) is 1.00. The van der Waals surface area contributed by atoms with E-state index in [1.54, 1.807) is 0 Å². The van der Waals surface area contributed by atoms with Crippen molar-refractivity contribution >= 4 is 0 Å². The van der Waals surface area contributed by atoms with Gasteiger partial charge in [-0.15, -0.1) is 0 Å². The number of hydrogen-bond donors (Lipinski definition) is 2. The van der Waals surface area contributed by atoms with Crippen molar-refractivity contribution in [2.24, 2.45) is 11.7 Å². The third kappa shape index (κ3) is 2.48. The van der Waals surface area contributed by atoms with E-state index in [0.29, 0.717) is 11.6 Å². The van der Waals surface area contributed by atoms with Crippen molar-refractivity contribution in [1.29, 1.82) is 0 Å². The molecular formula is C12H24N2. The van der Waals surface area contributed by atoms with Crippen LogP contribution in [-0.2, 0) is 0 Å². The molecule has 2 atom stereocenters. The van der Waals surface area contributed by atoms with Crippen LogP contribution >= 0.6 is 0 Å². The van der Waals surface area contributed by atoms with E-state index >= 15 is 0 Å². The van der Waals surface area contributed by atoms with Crippen LogP contribution in [0.15, 0.2) is 0 Å². The van der Waals surface area contributed by atoms with Gasteiger partial charge in [-0.2, -0.15) is 0 Å². The van der Waals surface area contributed by atoms with Crippen LogP contribution in [0.25, 0.3) is 0 Å². The number of nitrogens with one attached hydrogen (secondary N) is 1. The van der Waals surface area contributed by atoms with E-state index in [-0.39, 0.29) is 0 Å². The molecule has 2 aliphatic rings. The number of nitrogens with two attached hydrogens (primary N) is 1. The Morgan fingerprint density at radius 1 is 1.29 bits per heavy atom. The van der Waals surface area contributed by atoms with Gasteiger partial charge in [0.15, 0.2) is 0 Å². The van der Waals surface area contributed by atoms with Crippen LogP contribution in [-0.4, -0.2) is 18.1 Å². The van der Waals surface area contributed by atoms with Gasteiger partial charge in [-0.3, -0.25) is 0 Å². The van der Waals surface area contributed by atoms with E-state index in [2.05, 4.69) is 12.2 Å². The predicted molar refractivity (Wildman–Crippen MR) is 60.2 cm³/mol. The van der Waals surface area contributed by atoms with Gasteiger partial charge in [0.1, 0.15) is 0 Å². The predicted octanol–water partition coefficient (Wildman–Crippen LogP) is 2.04. The Balaban J connectivity index is 1.71. The Morgan fingerprint density at radius 3 is 2.57 bits per heavy atom. The molecule has 82 valence electrons. The van der Waals surface area contributed by atoms with Crippen LogP contribution in [0.2, 0.25) is 0 Å². The van der Waals surface area contributed by atoms with Gasteiger partial charge in [-0.05, 0) is 51.5 Å². The third-order valence-electron chi connectivity index (χ3n) is 4.11. The first kappa shape index (κ1) is 10.4. The number of hydrogen-bond acceptors (Lipinski definition) is 2. The molecule has 14 heavy (non-hydrogen) atoms. The minimum absolute atomic E-state index is 0.451. The SMILES string of the molecule is CC1(NCC2CCC(N)C2)CCCC1. The van der Waals surface area contributed by atoms with E-state index < -0.39 is 0 Å². The average Bonchev–Trinajstić information content (AvgIpc) is 2.73. The molecule has 0 aromatic carbocycles. The Hall–Kier alpha value is -0.0800. The van der Waals surface area contributed by atoms with Crippen LogP contribution in [0, 0.1) is 5.92 Å². The first-order valence-corrected chi connectivity index (χ1v) is 6.19. The quantitative estimate of drug-likeness (QED) is 0.725. The molecule has 3 N–H and O–H groups in total. The molecule has 0 aliphatic heterocycles. The van der Waals surface area contributed by atoms with Gasteiger partial charge in [0, 0.05) is 11.6 Å². The van der Waals surface area contributed by atoms with Crippen LogP contribution in [0.5, 0.6) is 0 Å². The Morgan fingerprint density at radius 2 is 2.00 bits per heavy atom. The van der Waals surface area contributed by atoms with Crippen LogP contribution in [0.1, 0.15) is 51.9 Å². The summed E-state index contributed by atoms with van der Waals surface area (Å²) in [5, 5.41) is 3.76. The molecule has 2 saturated carbocycles. The van der Waals surface area contributed by atoms with Gasteiger partial charge in [0.25, 0.3) is 0 Å². The Labute approximate surface area is 87.6 Å². The molecular weight excluding hydrogens is 172 g/mol. The molecule has 0 heterocycles. The molecule has 2 heteroatoms. The van der Waals surface area contributed by atoms with Crippen LogP contribution in [0.4, 0.5) is 0 Å². The van der Waals surface area contributed by atoms with E-state index in [0.717, 1.165) is 5.92 Å². The average molecular weight is 196 g/mol. The summed E-state index contributed by atoms with van der Waals surface area (Å²) in [5.74, 6) is 0.849. The lowest BCUT2D eigenvalue weighted by molar-refractivity contribution is 0.329. The second-order valence-electron chi connectivity index (χ2n) is 5.59. The molecule has 2 aliphatic carbocycles. The van der Waals surface area contributed by atoms with Crippen molar-refractivity contribution in [2.45, 2.75) is 63.5 Å². The smallest absolute Gasteiger partial charge is 0.0153 e. The molecule has 2 fully saturated rings. The first-order valence-electron chi connectivity index (χ1n) is 6.19. The molecule has 0 radical (unpaired) electrons. The van der Waals surface area contributed by atoms with Gasteiger partial charge in [0.05, 0.1) is 0 Å². The highest BCUT2D eigenvalue weighted by molar-refractivity contribution is 4.90. The lowest BCUT2D eigenvalue weighted by Gasteiger charge is -2.27. The first-order chi connectivity index (χ1) is 6.68. The van der Waals surface area contributed by atoms with Crippen LogP contribution in [0.3, 0.4) is 0 Å². The molecule has 0 spiro atoms. The van der Waals surface area contributed by atoms with E-state index in [1.807, 2.05) is 0 Å². The van der Waals surface area contributed by atoms with Crippen molar-refractivity contribution < 1.29 is 0 Å². The normalized spacial score (nSPS) is 36.4. The van der Waals surface area contributed by atoms with Gasteiger partial charge in [-0.1, -0.05) is 12.8 Å². The lowest BCUT2D eigenvalue weighted by atomic mass is 9.99. The van der Waals surface area contributed by atoms with E-state index in [9.17, 15) is 0 Å². The van der Waals surface area contributed by atoms with Crippen molar-refractivity contribution in [3.8, 4) is 0 Å². The zero-order chi connectivity index (χ0) is 10.0. The van der Waals surface area contributed by atoms with Crippen molar-refractivity contribution in [3.05, 3.63) is 0 Å². The highest BCUT2D eigenvalue weighted by atomic mass is 15.0. The third-order valence-corrected chi connectivity index (χ3v) is 4.11. The van der Waals surface area contributed by atoms with Crippen LogP contribution < -0.4 is 11.1 Å².